The molecule has 6 nitrogen and oxygen atoms in total. The number of hydrogen-bond acceptors (Lipinski definition) is 8. The molecular formula is C22H14ClN3O3S2. The number of benzene rings is 1. The van der Waals surface area contributed by atoms with E-state index in [4.69, 9.17) is 16.3 Å². The summed E-state index contributed by atoms with van der Waals surface area (Å²) >= 11 is 8.62. The molecule has 1 atom stereocenters. The Labute approximate surface area is 190 Å². The highest BCUT2D eigenvalue weighted by molar-refractivity contribution is 7.19. The highest BCUT2D eigenvalue weighted by atomic mass is 35.5. The third kappa shape index (κ3) is 4.49. The molecule has 4 rings (SSSR count). The van der Waals surface area contributed by atoms with Crippen LogP contribution >= 0.6 is 34.3 Å². The Morgan fingerprint density at radius 1 is 1.23 bits per heavy atom. The number of halogens is 1. The number of rotatable bonds is 6. The van der Waals surface area contributed by atoms with Crippen LogP contribution in [0.3, 0.4) is 0 Å². The number of nitrogens with zero attached hydrogens (tertiary/aromatic N) is 3. The van der Waals surface area contributed by atoms with Crippen LogP contribution in [0.15, 0.2) is 47.8 Å². The SMILES string of the molecule is Cc1csc([C@H](C#N)C(=O)COC(=O)c2cc(-c3ccc(Cl)s3)nc3ccccc23)n1. The maximum atomic E-state index is 12.9. The molecule has 0 aliphatic rings. The van der Waals surface area contributed by atoms with Gasteiger partial charge in [0.1, 0.15) is 5.01 Å². The Morgan fingerprint density at radius 2 is 2.03 bits per heavy atom. The molecule has 0 spiro atoms. The normalized spacial score (nSPS) is 11.8. The number of ketones is 1. The number of aromatic nitrogens is 2. The average molecular weight is 468 g/mol. The van der Waals surface area contributed by atoms with Crippen molar-refractivity contribution in [3.63, 3.8) is 0 Å². The van der Waals surface area contributed by atoms with Gasteiger partial charge in [-0.2, -0.15) is 5.26 Å². The Kier molecular flexibility index (Phi) is 6.09. The fraction of sp³-hybridized carbons (Fsp3) is 0.136. The number of thiophene rings is 1. The molecule has 0 saturated carbocycles. The van der Waals surface area contributed by atoms with Crippen LogP contribution in [0.4, 0.5) is 0 Å². The first kappa shape index (κ1) is 21.1. The predicted octanol–water partition coefficient (Wildman–Crippen LogP) is 5.41. The first-order valence-electron chi connectivity index (χ1n) is 9.13. The minimum absolute atomic E-state index is 0.288. The number of nitriles is 1. The van der Waals surface area contributed by atoms with E-state index in [0.717, 1.165) is 10.6 Å². The first-order valence-corrected chi connectivity index (χ1v) is 11.2. The Balaban J connectivity index is 1.60. The van der Waals surface area contributed by atoms with Crippen molar-refractivity contribution in [1.82, 2.24) is 9.97 Å². The molecular weight excluding hydrogens is 454 g/mol. The second-order valence-corrected chi connectivity index (χ2v) is 9.21. The number of pyridine rings is 1. The second kappa shape index (κ2) is 8.94. The van der Waals surface area contributed by atoms with Crippen LogP contribution in [0.5, 0.6) is 0 Å². The molecule has 0 aliphatic heterocycles. The molecule has 0 aliphatic carbocycles. The van der Waals surface area contributed by atoms with Gasteiger partial charge in [-0.15, -0.1) is 22.7 Å². The number of Topliss-reactive ketones (excluding diaryl/α,β-unsaturated/α-hetero) is 1. The Hall–Kier alpha value is -3.12. The topological polar surface area (TPSA) is 92.9 Å². The van der Waals surface area contributed by atoms with Gasteiger partial charge < -0.3 is 4.74 Å². The minimum atomic E-state index is -1.07. The number of thiazole rings is 1. The minimum Gasteiger partial charge on any atom is -0.454 e. The molecule has 0 amide bonds. The summed E-state index contributed by atoms with van der Waals surface area (Å²) in [7, 11) is 0. The molecule has 154 valence electrons. The van der Waals surface area contributed by atoms with E-state index < -0.39 is 24.3 Å². The third-order valence-electron chi connectivity index (χ3n) is 4.44. The lowest BCUT2D eigenvalue weighted by atomic mass is 10.1. The summed E-state index contributed by atoms with van der Waals surface area (Å²) in [6.45, 7) is 1.26. The fourth-order valence-corrected chi connectivity index (χ4v) is 4.85. The Bertz CT molecular complexity index is 1340. The molecule has 4 aromatic rings. The van der Waals surface area contributed by atoms with Crippen LogP contribution in [0.2, 0.25) is 4.34 Å². The monoisotopic (exact) mass is 467 g/mol. The van der Waals surface area contributed by atoms with Crippen LogP contribution in [0.25, 0.3) is 21.5 Å². The molecule has 3 aromatic heterocycles. The van der Waals surface area contributed by atoms with Gasteiger partial charge in [0.2, 0.25) is 0 Å². The van der Waals surface area contributed by atoms with E-state index in [1.54, 1.807) is 42.6 Å². The largest absolute Gasteiger partial charge is 0.454 e. The van der Waals surface area contributed by atoms with E-state index in [1.165, 1.54) is 22.7 Å². The van der Waals surface area contributed by atoms with Crippen molar-refractivity contribution in [2.24, 2.45) is 0 Å². The maximum absolute atomic E-state index is 12.9. The van der Waals surface area contributed by atoms with Crippen LogP contribution < -0.4 is 0 Å². The lowest BCUT2D eigenvalue weighted by Gasteiger charge is -2.10. The van der Waals surface area contributed by atoms with Gasteiger partial charge in [0, 0.05) is 16.5 Å². The van der Waals surface area contributed by atoms with Gasteiger partial charge in [-0.3, -0.25) is 4.79 Å². The molecule has 1 aromatic carbocycles. The van der Waals surface area contributed by atoms with Crippen LogP contribution in [0.1, 0.15) is 27.0 Å². The zero-order valence-corrected chi connectivity index (χ0v) is 18.6. The Morgan fingerprint density at radius 3 is 2.71 bits per heavy atom. The van der Waals surface area contributed by atoms with E-state index in [2.05, 4.69) is 9.97 Å². The van der Waals surface area contributed by atoms with E-state index in [1.807, 2.05) is 18.2 Å². The third-order valence-corrected chi connectivity index (χ3v) is 6.72. The average Bonchev–Trinajstić information content (AvgIpc) is 3.40. The zero-order chi connectivity index (χ0) is 22.0. The maximum Gasteiger partial charge on any atom is 0.339 e. The fourth-order valence-electron chi connectivity index (χ4n) is 2.99. The van der Waals surface area contributed by atoms with E-state index in [-0.39, 0.29) is 5.56 Å². The van der Waals surface area contributed by atoms with Crippen LogP contribution in [0, 0.1) is 18.3 Å². The molecule has 9 heteroatoms. The van der Waals surface area contributed by atoms with Crippen molar-refractivity contribution in [2.45, 2.75) is 12.8 Å². The van der Waals surface area contributed by atoms with Crippen LogP contribution in [-0.4, -0.2) is 28.3 Å². The van der Waals surface area contributed by atoms with E-state index >= 15 is 0 Å². The summed E-state index contributed by atoms with van der Waals surface area (Å²) in [6, 6.07) is 14.3. The predicted molar refractivity (Wildman–Crippen MR) is 121 cm³/mol. The highest BCUT2D eigenvalue weighted by Gasteiger charge is 2.25. The van der Waals surface area contributed by atoms with E-state index in [0.29, 0.717) is 25.9 Å². The summed E-state index contributed by atoms with van der Waals surface area (Å²) < 4.78 is 5.90. The van der Waals surface area contributed by atoms with Gasteiger partial charge in [0.15, 0.2) is 18.3 Å². The summed E-state index contributed by atoms with van der Waals surface area (Å²) in [5.41, 5.74) is 2.23. The lowest BCUT2D eigenvalue weighted by Crippen LogP contribution is -2.20. The molecule has 0 bridgehead atoms. The number of carbonyl (C=O) groups excluding carboxylic acids is 2. The van der Waals surface area contributed by atoms with Crippen molar-refractivity contribution in [2.75, 3.05) is 6.61 Å². The number of esters is 1. The molecule has 0 fully saturated rings. The van der Waals surface area contributed by atoms with Gasteiger partial charge in [-0.1, -0.05) is 29.8 Å². The van der Waals surface area contributed by atoms with E-state index in [9.17, 15) is 14.9 Å². The molecule has 0 saturated heterocycles. The summed E-state index contributed by atoms with van der Waals surface area (Å²) in [4.78, 5) is 35.0. The number of para-hydroxylation sites is 1. The molecule has 0 N–H and O–H groups in total. The van der Waals surface area contributed by atoms with Crippen molar-refractivity contribution in [3.05, 3.63) is 68.4 Å². The number of aryl methyl sites for hydroxylation is 1. The summed E-state index contributed by atoms with van der Waals surface area (Å²) in [5, 5.41) is 12.2. The smallest absolute Gasteiger partial charge is 0.339 e. The van der Waals surface area contributed by atoms with Crippen molar-refractivity contribution < 1.29 is 14.3 Å². The van der Waals surface area contributed by atoms with Crippen molar-refractivity contribution in [3.8, 4) is 16.6 Å². The number of ether oxygens (including phenoxy) is 1. The van der Waals surface area contributed by atoms with Crippen molar-refractivity contribution in [1.29, 1.82) is 5.26 Å². The van der Waals surface area contributed by atoms with Gasteiger partial charge in [-0.05, 0) is 31.2 Å². The molecule has 31 heavy (non-hydrogen) atoms. The van der Waals surface area contributed by atoms with Gasteiger partial charge in [0.05, 0.1) is 32.1 Å². The second-order valence-electron chi connectivity index (χ2n) is 6.61. The van der Waals surface area contributed by atoms with Crippen LogP contribution in [-0.2, 0) is 9.53 Å². The first-order chi connectivity index (χ1) is 15.0. The summed E-state index contributed by atoms with van der Waals surface area (Å²) in [6.07, 6.45) is 0. The van der Waals surface area contributed by atoms with Gasteiger partial charge in [0.25, 0.3) is 0 Å². The number of carbonyl (C=O) groups is 2. The quantitative estimate of drug-likeness (QED) is 0.352. The standard InChI is InChI=1S/C22H14ClN3O3S2/c1-12-11-30-21(25-12)15(9-24)18(27)10-29-22(28)14-8-17(19-6-7-20(23)31-19)26-16-5-3-2-4-13(14)16/h2-8,11,15H,10H2,1H3/t15-/m1/s1. The number of hydrogen-bond donors (Lipinski definition) is 0. The van der Waals surface area contributed by atoms with Crippen molar-refractivity contribution >= 4 is 56.9 Å². The van der Waals surface area contributed by atoms with Gasteiger partial charge in [-0.25, -0.2) is 14.8 Å². The lowest BCUT2D eigenvalue weighted by molar-refractivity contribution is -0.122. The zero-order valence-electron chi connectivity index (χ0n) is 16.2. The molecule has 3 heterocycles. The summed E-state index contributed by atoms with van der Waals surface area (Å²) in [5.74, 6) is -2.25. The molecule has 0 unspecified atom stereocenters. The van der Waals surface area contributed by atoms with Gasteiger partial charge >= 0.3 is 5.97 Å². The highest BCUT2D eigenvalue weighted by Crippen LogP contribution is 2.32. The number of fused-ring (bicyclic) bond motifs is 1. The molecule has 0 radical (unpaired) electrons.